The maximum Gasteiger partial charge on any atom is 0.404 e. The van der Waals surface area contributed by atoms with Crippen molar-refractivity contribution in [3.05, 3.63) is 59.4 Å². The smallest absolute Gasteiger partial charge is 0.404 e. The highest BCUT2D eigenvalue weighted by atomic mass is 19.4. The minimum Gasteiger partial charge on any atom is -0.506 e. The van der Waals surface area contributed by atoms with Crippen LogP contribution in [0.1, 0.15) is 21.8 Å². The van der Waals surface area contributed by atoms with Crippen LogP contribution in [0.4, 0.5) is 36.4 Å². The Morgan fingerprint density at radius 2 is 1.54 bits per heavy atom. The zero-order chi connectivity index (χ0) is 19.7. The van der Waals surface area contributed by atoms with E-state index in [0.717, 1.165) is 12.1 Å². The molecule has 2 rings (SSSR count). The highest BCUT2D eigenvalue weighted by molar-refractivity contribution is 6.05. The van der Waals surface area contributed by atoms with Crippen molar-refractivity contribution in [3.63, 3.8) is 0 Å². The average molecular weight is 381 g/mol. The molecule has 0 heterocycles. The predicted octanol–water partition coefficient (Wildman–Crippen LogP) is 4.99. The second-order valence-corrected chi connectivity index (χ2v) is 5.23. The molecule has 140 valence electrons. The zero-order valence-electron chi connectivity index (χ0n) is 12.6. The SMILES string of the molecule is O=C(Nc1ccc(C(C(F)(F)F)C(F)(F)F)cc1O)c1ccccc1F. The van der Waals surface area contributed by atoms with Crippen LogP contribution in [0.5, 0.6) is 5.75 Å². The van der Waals surface area contributed by atoms with E-state index in [2.05, 4.69) is 0 Å². The first-order chi connectivity index (χ1) is 11.9. The van der Waals surface area contributed by atoms with Crippen LogP contribution < -0.4 is 5.32 Å². The fraction of sp³-hybridized carbons (Fsp3) is 0.188. The number of alkyl halides is 6. The first-order valence-corrected chi connectivity index (χ1v) is 6.93. The van der Waals surface area contributed by atoms with E-state index in [1.165, 1.54) is 12.1 Å². The van der Waals surface area contributed by atoms with E-state index in [4.69, 9.17) is 0 Å². The van der Waals surface area contributed by atoms with E-state index in [0.29, 0.717) is 12.1 Å². The lowest BCUT2D eigenvalue weighted by Gasteiger charge is -2.23. The van der Waals surface area contributed by atoms with E-state index in [-0.39, 0.29) is 6.07 Å². The molecule has 0 aliphatic carbocycles. The van der Waals surface area contributed by atoms with Gasteiger partial charge in [-0.15, -0.1) is 0 Å². The Morgan fingerprint density at radius 1 is 0.962 bits per heavy atom. The monoisotopic (exact) mass is 381 g/mol. The summed E-state index contributed by atoms with van der Waals surface area (Å²) < 4.78 is 89.7. The minimum absolute atomic E-state index is 0.253. The highest BCUT2D eigenvalue weighted by Gasteiger charge is 2.57. The van der Waals surface area contributed by atoms with Crippen LogP contribution in [0.25, 0.3) is 0 Å². The maximum absolute atomic E-state index is 13.5. The molecule has 2 aromatic rings. The van der Waals surface area contributed by atoms with Gasteiger partial charge in [-0.05, 0) is 29.8 Å². The normalized spacial score (nSPS) is 12.3. The second kappa shape index (κ2) is 6.85. The number of phenols is 1. The molecule has 0 saturated carbocycles. The number of rotatable bonds is 3. The van der Waals surface area contributed by atoms with Gasteiger partial charge in [-0.3, -0.25) is 4.79 Å². The Labute approximate surface area is 142 Å². The van der Waals surface area contributed by atoms with Crippen LogP contribution in [0, 0.1) is 5.82 Å². The molecule has 0 fully saturated rings. The van der Waals surface area contributed by atoms with Crippen molar-refractivity contribution in [2.75, 3.05) is 5.32 Å². The van der Waals surface area contributed by atoms with Crippen molar-refractivity contribution in [1.29, 1.82) is 0 Å². The fourth-order valence-corrected chi connectivity index (χ4v) is 2.23. The summed E-state index contributed by atoms with van der Waals surface area (Å²) in [5.74, 6) is -6.74. The van der Waals surface area contributed by atoms with Crippen molar-refractivity contribution < 1.29 is 40.6 Å². The number of carbonyl (C=O) groups excluding carboxylic acids is 1. The summed E-state index contributed by atoms with van der Waals surface area (Å²) in [6.07, 6.45) is -11.2. The predicted molar refractivity (Wildman–Crippen MR) is 77.3 cm³/mol. The van der Waals surface area contributed by atoms with Gasteiger partial charge in [0, 0.05) is 0 Å². The van der Waals surface area contributed by atoms with Crippen LogP contribution in [-0.4, -0.2) is 23.4 Å². The topological polar surface area (TPSA) is 49.3 Å². The summed E-state index contributed by atoms with van der Waals surface area (Å²) in [5.41, 5.74) is -2.13. The van der Waals surface area contributed by atoms with Gasteiger partial charge in [0.15, 0.2) is 5.92 Å². The summed E-state index contributed by atoms with van der Waals surface area (Å²) in [7, 11) is 0. The van der Waals surface area contributed by atoms with Crippen LogP contribution in [0.2, 0.25) is 0 Å². The summed E-state index contributed by atoms with van der Waals surface area (Å²) in [4.78, 5) is 11.9. The number of phenolic OH excluding ortho intramolecular Hbond substituents is 1. The van der Waals surface area contributed by atoms with Crippen molar-refractivity contribution >= 4 is 11.6 Å². The van der Waals surface area contributed by atoms with Gasteiger partial charge in [0.1, 0.15) is 11.6 Å². The molecule has 3 nitrogen and oxygen atoms in total. The number of carbonyl (C=O) groups is 1. The van der Waals surface area contributed by atoms with Gasteiger partial charge in [0.05, 0.1) is 11.3 Å². The van der Waals surface area contributed by atoms with E-state index < -0.39 is 52.6 Å². The van der Waals surface area contributed by atoms with Crippen LogP contribution in [-0.2, 0) is 0 Å². The molecule has 0 spiro atoms. The summed E-state index contributed by atoms with van der Waals surface area (Å²) in [5, 5.41) is 11.7. The molecule has 26 heavy (non-hydrogen) atoms. The average Bonchev–Trinajstić information content (AvgIpc) is 2.47. The Bertz CT molecular complexity index is 801. The molecule has 0 unspecified atom stereocenters. The quantitative estimate of drug-likeness (QED) is 0.581. The van der Waals surface area contributed by atoms with E-state index in [9.17, 15) is 40.6 Å². The van der Waals surface area contributed by atoms with Crippen molar-refractivity contribution in [3.8, 4) is 5.75 Å². The molecule has 0 aliphatic heterocycles. The molecule has 0 saturated heterocycles. The zero-order valence-corrected chi connectivity index (χ0v) is 12.6. The molecule has 2 aromatic carbocycles. The Kier molecular flexibility index (Phi) is 5.15. The maximum atomic E-state index is 13.5. The van der Waals surface area contributed by atoms with E-state index in [1.54, 1.807) is 0 Å². The van der Waals surface area contributed by atoms with Crippen LogP contribution >= 0.6 is 0 Å². The van der Waals surface area contributed by atoms with Crippen molar-refractivity contribution in [2.45, 2.75) is 18.3 Å². The number of aromatic hydroxyl groups is 1. The molecule has 0 atom stereocenters. The third-order valence-electron chi connectivity index (χ3n) is 3.38. The Morgan fingerprint density at radius 3 is 2.04 bits per heavy atom. The molecular weight excluding hydrogens is 371 g/mol. The van der Waals surface area contributed by atoms with E-state index in [1.807, 2.05) is 5.32 Å². The number of benzene rings is 2. The lowest BCUT2D eigenvalue weighted by atomic mass is 9.97. The number of anilines is 1. The molecule has 0 radical (unpaired) electrons. The van der Waals surface area contributed by atoms with Gasteiger partial charge in [-0.25, -0.2) is 4.39 Å². The number of nitrogens with one attached hydrogen (secondary N) is 1. The highest BCUT2D eigenvalue weighted by Crippen LogP contribution is 2.47. The Hall–Kier alpha value is -2.78. The van der Waals surface area contributed by atoms with Gasteiger partial charge < -0.3 is 10.4 Å². The molecule has 2 N–H and O–H groups in total. The number of hydrogen-bond acceptors (Lipinski definition) is 2. The number of amides is 1. The lowest BCUT2D eigenvalue weighted by Crippen LogP contribution is -2.34. The summed E-state index contributed by atoms with van der Waals surface area (Å²) in [6, 6.07) is 6.15. The number of halogens is 7. The summed E-state index contributed by atoms with van der Waals surface area (Å²) >= 11 is 0. The van der Waals surface area contributed by atoms with Crippen molar-refractivity contribution in [1.82, 2.24) is 0 Å². The lowest BCUT2D eigenvalue weighted by molar-refractivity contribution is -0.253. The van der Waals surface area contributed by atoms with Gasteiger partial charge >= 0.3 is 12.4 Å². The van der Waals surface area contributed by atoms with Crippen LogP contribution in [0.15, 0.2) is 42.5 Å². The standard InChI is InChI=1S/C16H10F7NO2/c17-10-4-2-1-3-9(10)14(26)24-11-6-5-8(7-12(11)25)13(15(18,19)20)16(21,22)23/h1-7,13,25H,(H,24,26). The van der Waals surface area contributed by atoms with Crippen LogP contribution in [0.3, 0.4) is 0 Å². The van der Waals surface area contributed by atoms with Gasteiger partial charge in [0.2, 0.25) is 0 Å². The molecule has 1 amide bonds. The van der Waals surface area contributed by atoms with Crippen molar-refractivity contribution in [2.24, 2.45) is 0 Å². The van der Waals surface area contributed by atoms with Gasteiger partial charge in [-0.2, -0.15) is 26.3 Å². The fourth-order valence-electron chi connectivity index (χ4n) is 2.23. The third kappa shape index (κ3) is 4.24. The third-order valence-corrected chi connectivity index (χ3v) is 3.38. The first kappa shape index (κ1) is 19.5. The molecule has 0 aromatic heterocycles. The first-order valence-electron chi connectivity index (χ1n) is 6.93. The molecule has 10 heteroatoms. The molecular formula is C16H10F7NO2. The van der Waals surface area contributed by atoms with Gasteiger partial charge in [-0.1, -0.05) is 18.2 Å². The minimum atomic E-state index is -5.62. The Balaban J connectivity index is 2.32. The molecule has 0 bridgehead atoms. The second-order valence-electron chi connectivity index (χ2n) is 5.23. The van der Waals surface area contributed by atoms with E-state index >= 15 is 0 Å². The molecule has 0 aliphatic rings. The largest absolute Gasteiger partial charge is 0.506 e. The summed E-state index contributed by atoms with van der Waals surface area (Å²) in [6.45, 7) is 0. The van der Waals surface area contributed by atoms with Gasteiger partial charge in [0.25, 0.3) is 5.91 Å². The number of hydrogen-bond donors (Lipinski definition) is 2.